The molecule has 2 aromatic heterocycles. The Hall–Kier alpha value is -3.31. The Balaban J connectivity index is 1.38. The maximum atomic E-state index is 13.4. The number of fused-ring (bicyclic) bond motifs is 1. The molecule has 0 N–H and O–H groups in total. The third-order valence-electron chi connectivity index (χ3n) is 5.85. The van der Waals surface area contributed by atoms with Gasteiger partial charge in [-0.25, -0.2) is 8.42 Å². The van der Waals surface area contributed by atoms with Crippen molar-refractivity contribution in [3.63, 3.8) is 0 Å². The van der Waals surface area contributed by atoms with Gasteiger partial charge in [0.15, 0.2) is 0 Å². The summed E-state index contributed by atoms with van der Waals surface area (Å²) in [6, 6.07) is 13.0. The van der Waals surface area contributed by atoms with Crippen molar-refractivity contribution in [2.75, 3.05) is 13.1 Å². The van der Waals surface area contributed by atoms with Crippen LogP contribution < -0.4 is 0 Å². The Morgan fingerprint density at radius 1 is 1.00 bits per heavy atom. The second kappa shape index (κ2) is 8.48. The monoisotopic (exact) mass is 488 g/mol. The lowest BCUT2D eigenvalue weighted by atomic mass is 10.00. The molecule has 1 atom stereocenters. The summed E-state index contributed by atoms with van der Waals surface area (Å²) in [5.74, 6) is 0.00922. The lowest BCUT2D eigenvalue weighted by molar-refractivity contribution is -0.137. The van der Waals surface area contributed by atoms with E-state index in [0.29, 0.717) is 30.5 Å². The van der Waals surface area contributed by atoms with E-state index in [9.17, 15) is 21.6 Å². The molecule has 3 heterocycles. The largest absolute Gasteiger partial charge is 0.420 e. The summed E-state index contributed by atoms with van der Waals surface area (Å²) in [5, 5.41) is 8.75. The molecule has 1 aliphatic rings. The summed E-state index contributed by atoms with van der Waals surface area (Å²) in [6.07, 6.45) is -1.63. The van der Waals surface area contributed by atoms with Crippen LogP contribution in [0.3, 0.4) is 0 Å². The van der Waals surface area contributed by atoms with Gasteiger partial charge >= 0.3 is 6.18 Å². The Labute approximate surface area is 193 Å². The maximum Gasteiger partial charge on any atom is 0.416 e. The highest BCUT2D eigenvalue weighted by Crippen LogP contribution is 2.34. The number of hydrogen-bond acceptors (Lipinski definition) is 6. The Morgan fingerprint density at radius 2 is 1.76 bits per heavy atom. The van der Waals surface area contributed by atoms with Crippen LogP contribution in [0.1, 0.15) is 30.2 Å². The highest BCUT2D eigenvalue weighted by Gasteiger charge is 2.34. The fraction of sp³-hybridized carbons (Fsp3) is 0.261. The van der Waals surface area contributed by atoms with Crippen molar-refractivity contribution in [1.29, 1.82) is 0 Å². The first-order valence-corrected chi connectivity index (χ1v) is 12.0. The van der Waals surface area contributed by atoms with Crippen LogP contribution >= 0.6 is 0 Å². The average Bonchev–Trinajstić information content (AvgIpc) is 3.34. The molecule has 0 aliphatic carbocycles. The van der Waals surface area contributed by atoms with Crippen LogP contribution in [0.5, 0.6) is 0 Å². The second-order valence-electron chi connectivity index (χ2n) is 8.05. The second-order valence-corrected chi connectivity index (χ2v) is 9.96. The van der Waals surface area contributed by atoms with Gasteiger partial charge in [0, 0.05) is 30.2 Å². The van der Waals surface area contributed by atoms with Gasteiger partial charge in [0.1, 0.15) is 4.90 Å². The Morgan fingerprint density at radius 3 is 2.53 bits per heavy atom. The molecule has 5 rings (SSSR count). The standard InChI is InChI=1S/C23H19F3N4O3S/c24-23(25,26)18-10-8-16(9-11-18)21-28-29-22(33-21)17-6-3-13-30(14-17)34(31,32)19-7-1-4-15-5-2-12-27-20(15)19/h1-2,4-5,7-12,17H,3,6,13-14H2. The third kappa shape index (κ3) is 4.16. The highest BCUT2D eigenvalue weighted by atomic mass is 32.2. The fourth-order valence-corrected chi connectivity index (χ4v) is 5.79. The number of hydrogen-bond donors (Lipinski definition) is 0. The van der Waals surface area contributed by atoms with Gasteiger partial charge in [-0.1, -0.05) is 18.2 Å². The normalized spacial score (nSPS) is 17.8. The van der Waals surface area contributed by atoms with Gasteiger partial charge in [0.25, 0.3) is 0 Å². The minimum absolute atomic E-state index is 0.0851. The Bertz CT molecular complexity index is 1430. The van der Waals surface area contributed by atoms with E-state index < -0.39 is 21.8 Å². The molecule has 34 heavy (non-hydrogen) atoms. The van der Waals surface area contributed by atoms with Crippen molar-refractivity contribution in [1.82, 2.24) is 19.5 Å². The molecule has 1 fully saturated rings. The van der Waals surface area contributed by atoms with E-state index in [1.807, 2.05) is 12.1 Å². The van der Waals surface area contributed by atoms with E-state index in [2.05, 4.69) is 15.2 Å². The van der Waals surface area contributed by atoms with Crippen molar-refractivity contribution in [2.45, 2.75) is 29.8 Å². The van der Waals surface area contributed by atoms with Gasteiger partial charge in [-0.05, 0) is 49.2 Å². The summed E-state index contributed by atoms with van der Waals surface area (Å²) in [7, 11) is -3.82. The molecule has 7 nitrogen and oxygen atoms in total. The van der Waals surface area contributed by atoms with Crippen LogP contribution in [0.25, 0.3) is 22.4 Å². The molecule has 0 bridgehead atoms. The van der Waals surface area contributed by atoms with Crippen LogP contribution in [-0.2, 0) is 16.2 Å². The number of benzene rings is 2. The molecule has 176 valence electrons. The molecule has 2 aromatic carbocycles. The van der Waals surface area contributed by atoms with Crippen molar-refractivity contribution in [3.8, 4) is 11.5 Å². The number of alkyl halides is 3. The van der Waals surface area contributed by atoms with Crippen molar-refractivity contribution in [3.05, 3.63) is 72.2 Å². The molecule has 1 unspecified atom stereocenters. The molecule has 0 spiro atoms. The maximum absolute atomic E-state index is 13.4. The van der Waals surface area contributed by atoms with Gasteiger partial charge in [0.05, 0.1) is 17.0 Å². The molecule has 1 saturated heterocycles. The number of para-hydroxylation sites is 1. The van der Waals surface area contributed by atoms with E-state index in [1.54, 1.807) is 24.4 Å². The van der Waals surface area contributed by atoms with Gasteiger partial charge in [0.2, 0.25) is 21.8 Å². The topological polar surface area (TPSA) is 89.2 Å². The summed E-state index contributed by atoms with van der Waals surface area (Å²) < 4.78 is 72.4. The van der Waals surface area contributed by atoms with Gasteiger partial charge in [-0.2, -0.15) is 17.5 Å². The van der Waals surface area contributed by atoms with Crippen LogP contribution in [0.4, 0.5) is 13.2 Å². The van der Waals surface area contributed by atoms with Crippen LogP contribution in [0, 0.1) is 0 Å². The van der Waals surface area contributed by atoms with E-state index in [-0.39, 0.29) is 29.1 Å². The number of nitrogens with zero attached hydrogens (tertiary/aromatic N) is 4. The molecular formula is C23H19F3N4O3S. The molecule has 1 aliphatic heterocycles. The Kier molecular flexibility index (Phi) is 5.61. The summed E-state index contributed by atoms with van der Waals surface area (Å²) in [4.78, 5) is 4.40. The van der Waals surface area contributed by atoms with Crippen molar-refractivity contribution in [2.24, 2.45) is 0 Å². The molecular weight excluding hydrogens is 469 g/mol. The van der Waals surface area contributed by atoms with E-state index in [0.717, 1.165) is 17.5 Å². The summed E-state index contributed by atoms with van der Waals surface area (Å²) >= 11 is 0. The lowest BCUT2D eigenvalue weighted by Crippen LogP contribution is -2.39. The molecule has 0 saturated carbocycles. The van der Waals surface area contributed by atoms with Gasteiger partial charge in [-0.3, -0.25) is 4.98 Å². The van der Waals surface area contributed by atoms with E-state index >= 15 is 0 Å². The molecule has 4 aromatic rings. The number of pyridine rings is 1. The fourth-order valence-electron chi connectivity index (χ4n) is 4.10. The van der Waals surface area contributed by atoms with E-state index in [4.69, 9.17) is 4.42 Å². The molecule has 0 amide bonds. The van der Waals surface area contributed by atoms with Crippen molar-refractivity contribution >= 4 is 20.9 Å². The number of piperidine rings is 1. The number of sulfonamides is 1. The smallest absolute Gasteiger partial charge is 0.416 e. The predicted molar refractivity (Wildman–Crippen MR) is 117 cm³/mol. The van der Waals surface area contributed by atoms with Crippen LogP contribution in [-0.4, -0.2) is 41.0 Å². The summed E-state index contributed by atoms with van der Waals surface area (Å²) in [6.45, 7) is 0.502. The SMILES string of the molecule is O=S(=O)(c1cccc2cccnc12)N1CCCC(c2nnc(-c3ccc(C(F)(F)F)cc3)o2)C1. The van der Waals surface area contributed by atoms with E-state index in [1.165, 1.54) is 16.4 Å². The first-order valence-electron chi connectivity index (χ1n) is 10.6. The molecule has 0 radical (unpaired) electrons. The first-order chi connectivity index (χ1) is 16.2. The zero-order valence-corrected chi connectivity index (χ0v) is 18.6. The minimum Gasteiger partial charge on any atom is -0.420 e. The minimum atomic E-state index is -4.44. The van der Waals surface area contributed by atoms with Gasteiger partial charge < -0.3 is 4.42 Å². The predicted octanol–water partition coefficient (Wildman–Crippen LogP) is 4.87. The quantitative estimate of drug-likeness (QED) is 0.407. The first kappa shape index (κ1) is 22.5. The summed E-state index contributed by atoms with van der Waals surface area (Å²) in [5.41, 5.74) is -0.00425. The average molecular weight is 488 g/mol. The number of aromatic nitrogens is 3. The van der Waals surface area contributed by atoms with Crippen molar-refractivity contribution < 1.29 is 26.0 Å². The van der Waals surface area contributed by atoms with Gasteiger partial charge in [-0.15, -0.1) is 10.2 Å². The third-order valence-corrected chi connectivity index (χ3v) is 7.74. The highest BCUT2D eigenvalue weighted by molar-refractivity contribution is 7.89. The zero-order chi connectivity index (χ0) is 23.9. The molecule has 11 heteroatoms. The van der Waals surface area contributed by atoms with Crippen LogP contribution in [0.15, 0.2) is 70.1 Å². The van der Waals surface area contributed by atoms with Crippen LogP contribution in [0.2, 0.25) is 0 Å². The number of rotatable bonds is 4. The lowest BCUT2D eigenvalue weighted by Gasteiger charge is -2.30. The number of halogens is 3. The zero-order valence-electron chi connectivity index (χ0n) is 17.7.